The average molecular weight is 449 g/mol. The maximum Gasteiger partial charge on any atom is 0.119 e. The number of allylic oxidation sites excluding steroid dienone is 1. The van der Waals surface area contributed by atoms with E-state index in [0.717, 1.165) is 47.0 Å². The third-order valence-corrected chi connectivity index (χ3v) is 6.78. The van der Waals surface area contributed by atoms with E-state index in [1.54, 1.807) is 0 Å². The normalized spacial score (nSPS) is 18.9. The Morgan fingerprint density at radius 2 is 1.79 bits per heavy atom. The molecule has 0 heterocycles. The van der Waals surface area contributed by atoms with Gasteiger partial charge in [0.1, 0.15) is 5.75 Å². The van der Waals surface area contributed by atoms with Crippen LogP contribution in [0.5, 0.6) is 5.75 Å². The first kappa shape index (κ1) is 25.3. The van der Waals surface area contributed by atoms with E-state index in [9.17, 15) is 10.2 Å². The molecule has 0 amide bonds. The Balaban J connectivity index is 1.71. The molecule has 0 saturated carbocycles. The lowest BCUT2D eigenvalue weighted by Crippen LogP contribution is -2.30. The van der Waals surface area contributed by atoms with Gasteiger partial charge in [0.25, 0.3) is 0 Å². The van der Waals surface area contributed by atoms with Gasteiger partial charge in [-0.3, -0.25) is 0 Å². The standard InChI is InChI=1S/C30H40O3/c1-23(2)8-6-9-24(3)16-19-33-27-11-7-10-26(20-27)28-12-4-5-13-29(28)30(22-32)17-14-25(21-31)15-18-30/h4-5,7,10-15,17,20,23-24,31-32H,6,8-9,16,18-19,21-22H2,1-3H3. The van der Waals surface area contributed by atoms with Crippen LogP contribution in [-0.4, -0.2) is 30.0 Å². The Labute approximate surface area is 199 Å². The van der Waals surface area contributed by atoms with E-state index in [-0.39, 0.29) is 13.2 Å². The summed E-state index contributed by atoms with van der Waals surface area (Å²) in [6.45, 7) is 7.66. The molecule has 0 spiro atoms. The largest absolute Gasteiger partial charge is 0.494 e. The van der Waals surface area contributed by atoms with Crippen molar-refractivity contribution in [1.82, 2.24) is 0 Å². The summed E-state index contributed by atoms with van der Waals surface area (Å²) >= 11 is 0. The maximum absolute atomic E-state index is 10.4. The fourth-order valence-electron chi connectivity index (χ4n) is 4.55. The van der Waals surface area contributed by atoms with E-state index in [1.165, 1.54) is 19.3 Å². The second-order valence-electron chi connectivity index (χ2n) is 9.93. The molecule has 2 N–H and O–H groups in total. The van der Waals surface area contributed by atoms with Crippen molar-refractivity contribution in [1.29, 1.82) is 0 Å². The molecule has 1 aliphatic carbocycles. The first-order valence-corrected chi connectivity index (χ1v) is 12.4. The van der Waals surface area contributed by atoms with Gasteiger partial charge in [-0.2, -0.15) is 0 Å². The van der Waals surface area contributed by atoms with E-state index in [0.29, 0.717) is 12.3 Å². The molecule has 0 aliphatic heterocycles. The summed E-state index contributed by atoms with van der Waals surface area (Å²) in [7, 11) is 0. The second-order valence-corrected chi connectivity index (χ2v) is 9.93. The molecule has 2 aromatic carbocycles. The Morgan fingerprint density at radius 3 is 2.48 bits per heavy atom. The van der Waals surface area contributed by atoms with E-state index < -0.39 is 5.41 Å². The predicted molar refractivity (Wildman–Crippen MR) is 138 cm³/mol. The van der Waals surface area contributed by atoms with Crippen LogP contribution in [0.4, 0.5) is 0 Å². The Bertz CT molecular complexity index is 943. The third kappa shape index (κ3) is 6.82. The molecular weight excluding hydrogens is 408 g/mol. The molecule has 0 saturated heterocycles. The van der Waals surface area contributed by atoms with Gasteiger partial charge in [-0.05, 0) is 59.1 Å². The van der Waals surface area contributed by atoms with E-state index in [2.05, 4.69) is 45.0 Å². The molecule has 3 nitrogen and oxygen atoms in total. The van der Waals surface area contributed by atoms with Crippen molar-refractivity contribution in [3.8, 4) is 16.9 Å². The van der Waals surface area contributed by atoms with Gasteiger partial charge >= 0.3 is 0 Å². The smallest absolute Gasteiger partial charge is 0.119 e. The molecular formula is C30H40O3. The topological polar surface area (TPSA) is 49.7 Å². The van der Waals surface area contributed by atoms with Crippen LogP contribution < -0.4 is 4.74 Å². The van der Waals surface area contributed by atoms with E-state index >= 15 is 0 Å². The van der Waals surface area contributed by atoms with Gasteiger partial charge in [-0.15, -0.1) is 0 Å². The van der Waals surface area contributed by atoms with Gasteiger partial charge in [0.05, 0.1) is 19.8 Å². The van der Waals surface area contributed by atoms with E-state index in [1.807, 2.05) is 42.5 Å². The molecule has 0 fully saturated rings. The zero-order valence-corrected chi connectivity index (χ0v) is 20.5. The Kier molecular flexibility index (Phi) is 9.34. The number of benzene rings is 2. The van der Waals surface area contributed by atoms with Crippen LogP contribution in [0.15, 0.2) is 72.3 Å². The first-order valence-electron chi connectivity index (χ1n) is 12.4. The lowest BCUT2D eigenvalue weighted by molar-refractivity contribution is 0.224. The average Bonchev–Trinajstić information content (AvgIpc) is 2.84. The Morgan fingerprint density at radius 1 is 0.970 bits per heavy atom. The lowest BCUT2D eigenvalue weighted by Gasteiger charge is -2.33. The van der Waals surface area contributed by atoms with Crippen molar-refractivity contribution in [3.63, 3.8) is 0 Å². The molecule has 178 valence electrons. The molecule has 2 atom stereocenters. The minimum atomic E-state index is -0.489. The van der Waals surface area contributed by atoms with Crippen molar-refractivity contribution in [3.05, 3.63) is 77.9 Å². The van der Waals surface area contributed by atoms with Crippen LogP contribution in [-0.2, 0) is 5.41 Å². The number of rotatable bonds is 12. The highest BCUT2D eigenvalue weighted by Crippen LogP contribution is 2.40. The highest BCUT2D eigenvalue weighted by Gasteiger charge is 2.32. The van der Waals surface area contributed by atoms with Crippen molar-refractivity contribution in [2.45, 2.75) is 58.3 Å². The summed E-state index contributed by atoms with van der Waals surface area (Å²) in [5.41, 5.74) is 3.69. The summed E-state index contributed by atoms with van der Waals surface area (Å²) in [5.74, 6) is 2.34. The summed E-state index contributed by atoms with van der Waals surface area (Å²) in [4.78, 5) is 0. The summed E-state index contributed by atoms with van der Waals surface area (Å²) in [6, 6.07) is 16.5. The van der Waals surface area contributed by atoms with Gasteiger partial charge < -0.3 is 14.9 Å². The van der Waals surface area contributed by atoms with Crippen LogP contribution in [0, 0.1) is 11.8 Å². The zero-order valence-electron chi connectivity index (χ0n) is 20.5. The summed E-state index contributed by atoms with van der Waals surface area (Å²) in [5, 5.41) is 19.8. The second kappa shape index (κ2) is 12.2. The van der Waals surface area contributed by atoms with Crippen LogP contribution in [0.3, 0.4) is 0 Å². The van der Waals surface area contributed by atoms with Crippen LogP contribution in [0.25, 0.3) is 11.1 Å². The van der Waals surface area contributed by atoms with Crippen molar-refractivity contribution in [2.24, 2.45) is 11.8 Å². The lowest BCUT2D eigenvalue weighted by atomic mass is 9.72. The van der Waals surface area contributed by atoms with Gasteiger partial charge in [0.15, 0.2) is 0 Å². The summed E-state index contributed by atoms with van der Waals surface area (Å²) in [6.07, 6.45) is 11.6. The highest BCUT2D eigenvalue weighted by molar-refractivity contribution is 5.71. The highest BCUT2D eigenvalue weighted by atomic mass is 16.5. The fraction of sp³-hybridized carbons (Fsp3) is 0.467. The number of ether oxygens (including phenoxy) is 1. The first-order chi connectivity index (χ1) is 16.0. The SMILES string of the molecule is CC(C)CCCC(C)CCOc1cccc(-c2ccccc2C2(CO)C=CC(CO)=CC2)c1. The maximum atomic E-state index is 10.4. The predicted octanol–water partition coefficient (Wildman–Crippen LogP) is 6.69. The molecule has 2 aromatic rings. The minimum absolute atomic E-state index is 0.0145. The molecule has 3 heteroatoms. The number of hydrogen-bond acceptors (Lipinski definition) is 3. The summed E-state index contributed by atoms with van der Waals surface area (Å²) < 4.78 is 6.13. The minimum Gasteiger partial charge on any atom is -0.494 e. The number of hydrogen-bond donors (Lipinski definition) is 2. The molecule has 2 unspecified atom stereocenters. The van der Waals surface area contributed by atoms with Crippen molar-refractivity contribution in [2.75, 3.05) is 19.8 Å². The van der Waals surface area contributed by atoms with E-state index in [4.69, 9.17) is 4.74 Å². The molecule has 1 aliphatic rings. The molecule has 0 bridgehead atoms. The molecule has 0 aromatic heterocycles. The van der Waals surface area contributed by atoms with Crippen LogP contribution in [0.2, 0.25) is 0 Å². The van der Waals surface area contributed by atoms with Crippen molar-refractivity contribution < 1.29 is 14.9 Å². The van der Waals surface area contributed by atoms with Gasteiger partial charge in [-0.1, -0.05) is 94.7 Å². The number of aliphatic hydroxyl groups is 2. The zero-order chi connectivity index (χ0) is 23.7. The monoisotopic (exact) mass is 448 g/mol. The quantitative estimate of drug-likeness (QED) is 0.380. The van der Waals surface area contributed by atoms with Gasteiger partial charge in [-0.25, -0.2) is 0 Å². The van der Waals surface area contributed by atoms with Gasteiger partial charge in [0, 0.05) is 5.41 Å². The van der Waals surface area contributed by atoms with Crippen LogP contribution in [0.1, 0.15) is 58.4 Å². The molecule has 0 radical (unpaired) electrons. The molecule has 3 rings (SSSR count). The van der Waals surface area contributed by atoms with Crippen molar-refractivity contribution >= 4 is 0 Å². The third-order valence-electron chi connectivity index (χ3n) is 6.78. The molecule has 33 heavy (non-hydrogen) atoms. The fourth-order valence-corrected chi connectivity index (χ4v) is 4.55. The number of aliphatic hydroxyl groups excluding tert-OH is 2. The Hall–Kier alpha value is -2.36. The van der Waals surface area contributed by atoms with Gasteiger partial charge in [0.2, 0.25) is 0 Å². The van der Waals surface area contributed by atoms with Crippen LogP contribution >= 0.6 is 0 Å².